The van der Waals surface area contributed by atoms with Crippen LogP contribution in [0.5, 0.6) is 0 Å². The van der Waals surface area contributed by atoms with Crippen molar-refractivity contribution in [1.29, 1.82) is 0 Å². The number of ether oxygens (including phenoxy) is 2. The summed E-state index contributed by atoms with van der Waals surface area (Å²) < 4.78 is 38.2. The molecule has 1 heterocycles. The molecule has 1 saturated carbocycles. The number of rotatable bonds is 6. The lowest BCUT2D eigenvalue weighted by molar-refractivity contribution is 0.0601. The van der Waals surface area contributed by atoms with Gasteiger partial charge in [-0.15, -0.1) is 11.3 Å². The smallest absolute Gasteiger partial charge is 0.411 e. The van der Waals surface area contributed by atoms with Crippen molar-refractivity contribution in [2.45, 2.75) is 42.7 Å². The Morgan fingerprint density at radius 1 is 1.14 bits per heavy atom. The van der Waals surface area contributed by atoms with Crippen molar-refractivity contribution in [1.82, 2.24) is 4.72 Å². The summed E-state index contributed by atoms with van der Waals surface area (Å²) in [5, 5.41) is 4.18. The molecule has 1 amide bonds. The molecular formula is C19H22N2O6S2. The molecule has 0 bridgehead atoms. The summed E-state index contributed by atoms with van der Waals surface area (Å²) in [4.78, 5) is 23.8. The van der Waals surface area contributed by atoms with Crippen molar-refractivity contribution in [2.24, 2.45) is 0 Å². The Morgan fingerprint density at radius 2 is 1.90 bits per heavy atom. The average molecular weight is 439 g/mol. The molecule has 1 aromatic heterocycles. The lowest BCUT2D eigenvalue weighted by atomic mass is 9.94. The number of hydrogen-bond acceptors (Lipinski definition) is 7. The zero-order valence-electron chi connectivity index (χ0n) is 15.8. The molecule has 2 atom stereocenters. The van der Waals surface area contributed by atoms with E-state index in [1.165, 1.54) is 18.6 Å². The van der Waals surface area contributed by atoms with Crippen LogP contribution in [-0.4, -0.2) is 39.7 Å². The van der Waals surface area contributed by atoms with Crippen LogP contribution in [0.1, 0.15) is 35.4 Å². The summed E-state index contributed by atoms with van der Waals surface area (Å²) in [6, 6.07) is 9.92. The van der Waals surface area contributed by atoms with Crippen LogP contribution in [0.3, 0.4) is 0 Å². The molecule has 156 valence electrons. The molecule has 0 radical (unpaired) electrons. The minimum Gasteiger partial charge on any atom is -0.465 e. The summed E-state index contributed by atoms with van der Waals surface area (Å²) in [6.45, 7) is 0. The molecule has 1 fully saturated rings. The highest BCUT2D eigenvalue weighted by Gasteiger charge is 2.31. The van der Waals surface area contributed by atoms with E-state index in [0.717, 1.165) is 11.3 Å². The molecule has 2 N–H and O–H groups in total. The molecule has 0 saturated heterocycles. The van der Waals surface area contributed by atoms with Gasteiger partial charge >= 0.3 is 12.1 Å². The van der Waals surface area contributed by atoms with Crippen LogP contribution in [0, 0.1) is 0 Å². The molecule has 1 aromatic carbocycles. The van der Waals surface area contributed by atoms with Gasteiger partial charge in [0.15, 0.2) is 0 Å². The SMILES string of the molecule is COC(=O)c1sccc1S(=O)(=O)N[C@@H]1CCC[C@H](OC(=O)Nc2ccccc2)C1. The third-order valence-electron chi connectivity index (χ3n) is 4.53. The van der Waals surface area contributed by atoms with E-state index in [-0.39, 0.29) is 9.77 Å². The number of esters is 1. The number of carbonyl (C=O) groups excluding carboxylic acids is 2. The molecule has 0 unspecified atom stereocenters. The second kappa shape index (κ2) is 9.38. The highest BCUT2D eigenvalue weighted by molar-refractivity contribution is 7.89. The first kappa shape index (κ1) is 21.3. The number of benzene rings is 1. The molecule has 29 heavy (non-hydrogen) atoms. The predicted octanol–water partition coefficient (Wildman–Crippen LogP) is 3.37. The Labute approximate surface area is 173 Å². The highest BCUT2D eigenvalue weighted by Crippen LogP contribution is 2.26. The summed E-state index contributed by atoms with van der Waals surface area (Å²) >= 11 is 1.01. The number of methoxy groups -OCH3 is 1. The Bertz CT molecular complexity index is 958. The fourth-order valence-electron chi connectivity index (χ4n) is 3.21. The predicted molar refractivity (Wildman–Crippen MR) is 109 cm³/mol. The highest BCUT2D eigenvalue weighted by atomic mass is 32.2. The largest absolute Gasteiger partial charge is 0.465 e. The first-order chi connectivity index (χ1) is 13.9. The second-order valence-corrected chi connectivity index (χ2v) is 9.21. The van der Waals surface area contributed by atoms with Crippen LogP contribution in [0.15, 0.2) is 46.7 Å². The Balaban J connectivity index is 1.60. The maximum Gasteiger partial charge on any atom is 0.411 e. The number of hydrogen-bond donors (Lipinski definition) is 2. The van der Waals surface area contributed by atoms with E-state index in [2.05, 4.69) is 14.8 Å². The standard InChI is InChI=1S/C19H22N2O6S2/c1-26-18(22)17-16(10-11-28-17)29(24,25)21-14-8-5-9-15(12-14)27-19(23)20-13-6-3-2-4-7-13/h2-4,6-7,10-11,14-15,21H,5,8-9,12H2,1H3,(H,20,23)/t14-,15+/m1/s1. The van der Waals surface area contributed by atoms with Gasteiger partial charge in [-0.05, 0) is 42.8 Å². The van der Waals surface area contributed by atoms with Gasteiger partial charge in [0.05, 0.1) is 7.11 Å². The van der Waals surface area contributed by atoms with Crippen molar-refractivity contribution < 1.29 is 27.5 Å². The van der Waals surface area contributed by atoms with Gasteiger partial charge in [-0.25, -0.2) is 22.7 Å². The molecule has 1 aliphatic rings. The van der Waals surface area contributed by atoms with E-state index in [9.17, 15) is 18.0 Å². The van der Waals surface area contributed by atoms with Crippen molar-refractivity contribution in [3.8, 4) is 0 Å². The second-order valence-electron chi connectivity index (χ2n) is 6.61. The molecule has 8 nitrogen and oxygen atoms in total. The summed E-state index contributed by atoms with van der Waals surface area (Å²) in [5.41, 5.74) is 0.623. The minimum atomic E-state index is -3.90. The maximum absolute atomic E-state index is 12.7. The monoisotopic (exact) mass is 438 g/mol. The van der Waals surface area contributed by atoms with Gasteiger partial charge in [0, 0.05) is 18.2 Å². The lowest BCUT2D eigenvalue weighted by Gasteiger charge is -2.29. The molecule has 2 aromatic rings. The Kier molecular flexibility index (Phi) is 6.88. The molecule has 0 spiro atoms. The zero-order valence-corrected chi connectivity index (χ0v) is 17.4. The zero-order chi connectivity index (χ0) is 20.9. The van der Waals surface area contributed by atoms with Crippen LogP contribution < -0.4 is 10.0 Å². The van der Waals surface area contributed by atoms with E-state index in [1.54, 1.807) is 24.3 Å². The topological polar surface area (TPSA) is 111 Å². The van der Waals surface area contributed by atoms with Crippen LogP contribution in [0.4, 0.5) is 10.5 Å². The van der Waals surface area contributed by atoms with Crippen LogP contribution in [0.25, 0.3) is 0 Å². The quantitative estimate of drug-likeness (QED) is 0.669. The number of carbonyl (C=O) groups is 2. The first-order valence-corrected chi connectivity index (χ1v) is 11.5. The Hall–Kier alpha value is -2.43. The van der Waals surface area contributed by atoms with Gasteiger partial charge in [0.2, 0.25) is 10.0 Å². The van der Waals surface area contributed by atoms with Crippen LogP contribution in [0.2, 0.25) is 0 Å². The normalized spacial score (nSPS) is 19.3. The van der Waals surface area contributed by atoms with Gasteiger partial charge in [0.1, 0.15) is 15.9 Å². The fourth-order valence-corrected chi connectivity index (χ4v) is 5.83. The van der Waals surface area contributed by atoms with Gasteiger partial charge < -0.3 is 9.47 Å². The summed E-state index contributed by atoms with van der Waals surface area (Å²) in [7, 11) is -2.70. The lowest BCUT2D eigenvalue weighted by Crippen LogP contribution is -2.41. The Morgan fingerprint density at radius 3 is 2.62 bits per heavy atom. The van der Waals surface area contributed by atoms with Crippen LogP contribution in [-0.2, 0) is 19.5 Å². The molecule has 10 heteroatoms. The van der Waals surface area contributed by atoms with E-state index in [0.29, 0.717) is 31.4 Å². The number of para-hydroxylation sites is 1. The van der Waals surface area contributed by atoms with Crippen molar-refractivity contribution >= 4 is 39.1 Å². The van der Waals surface area contributed by atoms with Gasteiger partial charge in [-0.1, -0.05) is 18.2 Å². The first-order valence-electron chi connectivity index (χ1n) is 9.10. The van der Waals surface area contributed by atoms with Crippen molar-refractivity contribution in [3.05, 3.63) is 46.7 Å². The average Bonchev–Trinajstić information content (AvgIpc) is 3.19. The summed E-state index contributed by atoms with van der Waals surface area (Å²) in [6.07, 6.45) is 1.38. The van der Waals surface area contributed by atoms with Gasteiger partial charge in [0.25, 0.3) is 0 Å². The van der Waals surface area contributed by atoms with E-state index < -0.39 is 34.2 Å². The third kappa shape index (κ3) is 5.55. The van der Waals surface area contributed by atoms with E-state index in [4.69, 9.17) is 4.74 Å². The molecular weight excluding hydrogens is 416 g/mol. The molecule has 3 rings (SSSR count). The number of nitrogens with one attached hydrogen (secondary N) is 2. The molecule has 0 aliphatic heterocycles. The molecule has 1 aliphatic carbocycles. The minimum absolute atomic E-state index is 0.0332. The fraction of sp³-hybridized carbons (Fsp3) is 0.368. The van der Waals surface area contributed by atoms with E-state index in [1.807, 2.05) is 6.07 Å². The number of amides is 1. The van der Waals surface area contributed by atoms with Crippen molar-refractivity contribution in [3.63, 3.8) is 0 Å². The number of sulfonamides is 1. The number of anilines is 1. The third-order valence-corrected chi connectivity index (χ3v) is 7.12. The number of thiophene rings is 1. The maximum atomic E-state index is 12.7. The van der Waals surface area contributed by atoms with E-state index >= 15 is 0 Å². The summed E-state index contributed by atoms with van der Waals surface area (Å²) in [5.74, 6) is -0.692. The van der Waals surface area contributed by atoms with Gasteiger partial charge in [-0.3, -0.25) is 5.32 Å². The van der Waals surface area contributed by atoms with Gasteiger partial charge in [-0.2, -0.15) is 0 Å². The van der Waals surface area contributed by atoms with Crippen LogP contribution >= 0.6 is 11.3 Å². The van der Waals surface area contributed by atoms with Crippen molar-refractivity contribution in [2.75, 3.05) is 12.4 Å².